The molecule has 1 atom stereocenters. The summed E-state index contributed by atoms with van der Waals surface area (Å²) in [6.07, 6.45) is 1.76. The Labute approximate surface area is 152 Å². The highest BCUT2D eigenvalue weighted by atomic mass is 16.5. The minimum atomic E-state index is -0.0922. The molecule has 1 amide bonds. The Morgan fingerprint density at radius 2 is 2.12 bits per heavy atom. The number of nitrogens with zero attached hydrogens (tertiary/aromatic N) is 3. The van der Waals surface area contributed by atoms with E-state index in [1.165, 1.54) is 6.07 Å². The van der Waals surface area contributed by atoms with Crippen LogP contribution in [0.4, 0.5) is 0 Å². The molecule has 1 fully saturated rings. The first-order chi connectivity index (χ1) is 12.3. The summed E-state index contributed by atoms with van der Waals surface area (Å²) in [5, 5.41) is 3.92. The second kappa shape index (κ2) is 7.35. The van der Waals surface area contributed by atoms with Crippen molar-refractivity contribution < 1.29 is 14.1 Å². The van der Waals surface area contributed by atoms with Crippen LogP contribution in [0.15, 0.2) is 21.5 Å². The average Bonchev–Trinajstić information content (AvgIpc) is 3.18. The molecule has 3 rings (SSSR count). The molecule has 26 heavy (non-hydrogen) atoms. The zero-order chi connectivity index (χ0) is 18.8. The molecular weight excluding hydrogens is 334 g/mol. The Morgan fingerprint density at radius 3 is 2.77 bits per heavy atom. The Kier molecular flexibility index (Phi) is 5.15. The number of ether oxygens (including phenoxy) is 1. The van der Waals surface area contributed by atoms with Crippen LogP contribution < -0.4 is 10.3 Å². The lowest BCUT2D eigenvalue weighted by Gasteiger charge is -2.17. The van der Waals surface area contributed by atoms with Gasteiger partial charge in [-0.3, -0.25) is 9.59 Å². The van der Waals surface area contributed by atoms with Crippen LogP contribution in [0.2, 0.25) is 0 Å². The van der Waals surface area contributed by atoms with Crippen LogP contribution in [-0.4, -0.2) is 39.7 Å². The molecule has 0 bridgehead atoms. The van der Waals surface area contributed by atoms with E-state index in [1.807, 2.05) is 31.7 Å². The molecule has 0 aliphatic carbocycles. The number of carbonyl (C=O) groups excluding carboxylic acids is 1. The van der Waals surface area contributed by atoms with Gasteiger partial charge in [-0.15, -0.1) is 0 Å². The van der Waals surface area contributed by atoms with Crippen LogP contribution in [0.3, 0.4) is 0 Å². The van der Waals surface area contributed by atoms with Gasteiger partial charge in [0, 0.05) is 43.8 Å². The number of likely N-dealkylation sites (tertiary alicyclic amines) is 1. The summed E-state index contributed by atoms with van der Waals surface area (Å²) >= 11 is 0. The number of rotatable bonds is 5. The third-order valence-corrected chi connectivity index (χ3v) is 5.05. The Hall–Kier alpha value is -2.57. The highest BCUT2D eigenvalue weighted by Crippen LogP contribution is 2.20. The zero-order valence-electron chi connectivity index (χ0n) is 15.7. The number of aryl methyl sites for hydroxylation is 3. The number of aromatic nitrogens is 2. The van der Waals surface area contributed by atoms with E-state index in [9.17, 15) is 9.59 Å². The van der Waals surface area contributed by atoms with E-state index in [4.69, 9.17) is 9.26 Å². The molecule has 1 aliphatic heterocycles. The summed E-state index contributed by atoms with van der Waals surface area (Å²) in [4.78, 5) is 26.2. The second-order valence-electron chi connectivity index (χ2n) is 6.90. The fraction of sp³-hybridized carbons (Fsp3) is 0.526. The van der Waals surface area contributed by atoms with Gasteiger partial charge in [0.15, 0.2) is 0 Å². The predicted octanol–water partition coefficient (Wildman–Crippen LogP) is 1.91. The highest BCUT2D eigenvalue weighted by Gasteiger charge is 2.28. The Bertz CT molecular complexity index is 849. The zero-order valence-corrected chi connectivity index (χ0v) is 15.7. The van der Waals surface area contributed by atoms with Gasteiger partial charge in [-0.2, -0.15) is 0 Å². The molecule has 1 unspecified atom stereocenters. The quantitative estimate of drug-likeness (QED) is 0.815. The van der Waals surface area contributed by atoms with Gasteiger partial charge in [0.05, 0.1) is 12.2 Å². The third kappa shape index (κ3) is 3.81. The number of carbonyl (C=O) groups is 1. The van der Waals surface area contributed by atoms with Crippen molar-refractivity contribution in [2.45, 2.75) is 46.1 Å². The number of hydrogen-bond donors (Lipinski definition) is 0. The van der Waals surface area contributed by atoms with Crippen molar-refractivity contribution in [3.8, 4) is 5.75 Å². The molecule has 0 N–H and O–H groups in total. The summed E-state index contributed by atoms with van der Waals surface area (Å²) < 4.78 is 12.6. The Balaban J connectivity index is 1.55. The van der Waals surface area contributed by atoms with Crippen molar-refractivity contribution in [2.75, 3.05) is 13.1 Å². The van der Waals surface area contributed by atoms with Crippen LogP contribution in [-0.2, 0) is 18.3 Å². The van der Waals surface area contributed by atoms with Crippen molar-refractivity contribution in [3.05, 3.63) is 45.2 Å². The maximum absolute atomic E-state index is 12.5. The molecule has 0 aromatic carbocycles. The molecule has 2 aromatic rings. The lowest BCUT2D eigenvalue weighted by Crippen LogP contribution is -2.31. The van der Waals surface area contributed by atoms with Gasteiger partial charge in [0.25, 0.3) is 5.56 Å². The third-order valence-electron chi connectivity index (χ3n) is 5.05. The van der Waals surface area contributed by atoms with Gasteiger partial charge in [-0.25, -0.2) is 0 Å². The predicted molar refractivity (Wildman–Crippen MR) is 96.3 cm³/mol. The van der Waals surface area contributed by atoms with E-state index in [0.717, 1.165) is 29.1 Å². The summed E-state index contributed by atoms with van der Waals surface area (Å²) in [6.45, 7) is 6.85. The minimum absolute atomic E-state index is 0.0791. The molecule has 2 aromatic heterocycles. The van der Waals surface area contributed by atoms with E-state index in [1.54, 1.807) is 11.6 Å². The fourth-order valence-corrected chi connectivity index (χ4v) is 3.30. The first kappa shape index (κ1) is 18.2. The van der Waals surface area contributed by atoms with Crippen molar-refractivity contribution in [2.24, 2.45) is 7.05 Å². The van der Waals surface area contributed by atoms with Crippen molar-refractivity contribution in [1.82, 2.24) is 14.6 Å². The smallest absolute Gasteiger partial charge is 0.254 e. The van der Waals surface area contributed by atoms with Crippen molar-refractivity contribution in [3.63, 3.8) is 0 Å². The normalized spacial score (nSPS) is 16.9. The largest absolute Gasteiger partial charge is 0.488 e. The maximum atomic E-state index is 12.5. The maximum Gasteiger partial charge on any atom is 0.254 e. The summed E-state index contributed by atoms with van der Waals surface area (Å²) in [5.74, 6) is 1.45. The van der Waals surface area contributed by atoms with Crippen LogP contribution in [0.25, 0.3) is 0 Å². The van der Waals surface area contributed by atoms with Crippen LogP contribution >= 0.6 is 0 Å². The number of amides is 1. The van der Waals surface area contributed by atoms with Gasteiger partial charge in [-0.05, 0) is 33.3 Å². The van der Waals surface area contributed by atoms with Crippen molar-refractivity contribution in [1.29, 1.82) is 0 Å². The molecule has 140 valence electrons. The molecule has 3 heterocycles. The highest BCUT2D eigenvalue weighted by molar-refractivity contribution is 5.76. The molecule has 1 aliphatic rings. The van der Waals surface area contributed by atoms with Gasteiger partial charge < -0.3 is 18.7 Å². The van der Waals surface area contributed by atoms with E-state index in [2.05, 4.69) is 5.16 Å². The molecule has 0 spiro atoms. The molecule has 7 heteroatoms. The Morgan fingerprint density at radius 1 is 1.35 bits per heavy atom. The average molecular weight is 359 g/mol. The van der Waals surface area contributed by atoms with E-state index in [-0.39, 0.29) is 17.6 Å². The van der Waals surface area contributed by atoms with Gasteiger partial charge >= 0.3 is 0 Å². The molecule has 0 radical (unpaired) electrons. The standard InChI is InChI=1S/C19H25N3O4/c1-12-9-16(10-19(24)21(12)4)25-15-7-8-22(11-15)18(23)6-5-17-13(2)20-26-14(17)3/h9-10,15H,5-8,11H2,1-4H3. The minimum Gasteiger partial charge on any atom is -0.488 e. The molecule has 0 saturated carbocycles. The van der Waals surface area contributed by atoms with Crippen LogP contribution in [0, 0.1) is 20.8 Å². The summed E-state index contributed by atoms with van der Waals surface area (Å²) in [7, 11) is 1.73. The van der Waals surface area contributed by atoms with Crippen molar-refractivity contribution >= 4 is 5.91 Å². The number of hydrogen-bond acceptors (Lipinski definition) is 5. The van der Waals surface area contributed by atoms with Crippen LogP contribution in [0.1, 0.15) is 35.6 Å². The number of pyridine rings is 1. The monoisotopic (exact) mass is 359 g/mol. The van der Waals surface area contributed by atoms with Gasteiger partial charge in [0.2, 0.25) is 5.91 Å². The summed E-state index contributed by atoms with van der Waals surface area (Å²) in [5.41, 5.74) is 2.61. The van der Waals surface area contributed by atoms with E-state index in [0.29, 0.717) is 31.7 Å². The van der Waals surface area contributed by atoms with Gasteiger partial charge in [-0.1, -0.05) is 5.16 Å². The fourth-order valence-electron chi connectivity index (χ4n) is 3.30. The summed E-state index contributed by atoms with van der Waals surface area (Å²) in [6, 6.07) is 3.35. The molecule has 1 saturated heterocycles. The van der Waals surface area contributed by atoms with E-state index < -0.39 is 0 Å². The van der Waals surface area contributed by atoms with Crippen LogP contribution in [0.5, 0.6) is 5.75 Å². The first-order valence-corrected chi connectivity index (χ1v) is 8.89. The second-order valence-corrected chi connectivity index (χ2v) is 6.90. The van der Waals surface area contributed by atoms with E-state index >= 15 is 0 Å². The first-order valence-electron chi connectivity index (χ1n) is 8.89. The molecule has 7 nitrogen and oxygen atoms in total. The van der Waals surface area contributed by atoms with Gasteiger partial charge in [0.1, 0.15) is 17.6 Å². The SMILES string of the molecule is Cc1noc(C)c1CCC(=O)N1CCC(Oc2cc(C)n(C)c(=O)c2)C1. The molecular formula is C19H25N3O4. The lowest BCUT2D eigenvalue weighted by molar-refractivity contribution is -0.130. The lowest BCUT2D eigenvalue weighted by atomic mass is 10.1. The topological polar surface area (TPSA) is 77.6 Å².